The predicted molar refractivity (Wildman–Crippen MR) is 336 cm³/mol. The number of benzene rings is 6. The van der Waals surface area contributed by atoms with Crippen molar-refractivity contribution in [1.82, 2.24) is 31.9 Å². The number of nitrogens with one attached hydrogen (secondary N) is 6. The van der Waals surface area contributed by atoms with Crippen LogP contribution in [0.5, 0.6) is 0 Å². The van der Waals surface area contributed by atoms with Crippen LogP contribution in [0, 0.1) is 5.82 Å². The molecule has 430 valence electrons. The quantitative estimate of drug-likeness (QED) is 0.0801. The van der Waals surface area contributed by atoms with Gasteiger partial charge in [0.25, 0.3) is 0 Å². The summed E-state index contributed by atoms with van der Waals surface area (Å²) in [5.74, 6) is -1.55. The average Bonchev–Trinajstić information content (AvgIpc) is 3.90. The fraction of sp³-hybridized carbons (Fsp3) is 0.0606. The number of rotatable bonds is 6. The molecule has 6 heterocycles. The zero-order chi connectivity index (χ0) is 61.8. The molecule has 2 atom stereocenters. The van der Waals surface area contributed by atoms with Crippen molar-refractivity contribution in [3.8, 4) is 0 Å². The minimum atomic E-state index is -1.35. The second kappa shape index (κ2) is 27.9. The first-order valence-corrected chi connectivity index (χ1v) is 27.5. The van der Waals surface area contributed by atoms with Crippen LogP contribution in [0.25, 0.3) is 33.4 Å². The van der Waals surface area contributed by atoms with Crippen LogP contribution in [-0.4, -0.2) is 57.1 Å². The molecule has 0 fully saturated rings. The zero-order valence-corrected chi connectivity index (χ0v) is 49.3. The molecule has 0 aliphatic carbocycles. The summed E-state index contributed by atoms with van der Waals surface area (Å²) in [6.07, 6.45) is 8.73. The molecule has 0 radical (unpaired) electrons. The number of aliphatic hydroxyl groups is 2. The normalized spacial score (nSPS) is 18.8. The highest BCUT2D eigenvalue weighted by atomic mass is 79.9. The summed E-state index contributed by atoms with van der Waals surface area (Å²) >= 11 is 21.1. The monoisotopic (exact) mass is 1260 g/mol. The van der Waals surface area contributed by atoms with Crippen LogP contribution >= 0.6 is 50.7 Å². The summed E-state index contributed by atoms with van der Waals surface area (Å²) < 4.78 is 14.3. The standard InChI is InChI=1S/C11H8BrNO.2C11H10ClNO2.C11H8ClNO.C11H8FNO.C11H9NO/c1-7-10(6-11(14)13-7)8-2-4-9(12)5-3-8;1-11(15)9(6-10(14)13-11)7-2-4-8(12)5-3-7;1-11(15)8(6-10(14)13-11)7-4-2-3-5-9(7)12;2*1-7-9(6-11(14)13-7)8-4-2-3-5-10(8)12;1-8-10(7-11(13)12-8)9-5-3-2-4-6-9/h2-6H,1H2,(H,13,14);2*2-6,15H,1H3,(H,13,14);2*2-6H,1H2,(H,13,14);2-7H,1H2,(H,12,13). The molecule has 6 aliphatic rings. The maximum Gasteiger partial charge on any atom is 0.249 e. The van der Waals surface area contributed by atoms with Crippen LogP contribution in [0.4, 0.5) is 4.39 Å². The molecule has 12 rings (SSSR count). The molecule has 0 saturated heterocycles. The van der Waals surface area contributed by atoms with Crippen molar-refractivity contribution in [2.24, 2.45) is 0 Å². The van der Waals surface area contributed by atoms with E-state index < -0.39 is 11.4 Å². The lowest BCUT2D eigenvalue weighted by Crippen LogP contribution is -2.40. The second-order valence-electron chi connectivity index (χ2n) is 19.2. The summed E-state index contributed by atoms with van der Waals surface area (Å²) in [6.45, 7) is 18.0. The van der Waals surface area contributed by atoms with Crippen molar-refractivity contribution in [3.05, 3.63) is 296 Å². The van der Waals surface area contributed by atoms with Gasteiger partial charge < -0.3 is 42.1 Å². The molecular formula is C66H53BrCl3FN6O8. The lowest BCUT2D eigenvalue weighted by molar-refractivity contribution is -0.120. The van der Waals surface area contributed by atoms with Gasteiger partial charge in [-0.15, -0.1) is 0 Å². The Balaban J connectivity index is 0.000000146. The van der Waals surface area contributed by atoms with Crippen molar-refractivity contribution in [1.29, 1.82) is 0 Å². The number of amides is 6. The third-order valence-electron chi connectivity index (χ3n) is 12.7. The maximum atomic E-state index is 13.3. The first-order chi connectivity index (χ1) is 40.3. The summed E-state index contributed by atoms with van der Waals surface area (Å²) in [5, 5.41) is 36.9. The molecule has 6 aliphatic heterocycles. The van der Waals surface area contributed by atoms with Crippen molar-refractivity contribution >= 4 is 120 Å². The molecule has 6 amide bonds. The molecule has 0 aromatic heterocycles. The first-order valence-electron chi connectivity index (χ1n) is 25.5. The van der Waals surface area contributed by atoms with E-state index in [-0.39, 0.29) is 41.3 Å². The Morgan fingerprint density at radius 3 is 1.15 bits per heavy atom. The minimum Gasteiger partial charge on any atom is -0.367 e. The summed E-state index contributed by atoms with van der Waals surface area (Å²) in [7, 11) is 0. The predicted octanol–water partition coefficient (Wildman–Crippen LogP) is 11.5. The number of carbonyl (C=O) groups excluding carboxylic acids is 6. The molecule has 19 heteroatoms. The van der Waals surface area contributed by atoms with E-state index in [0.717, 1.165) is 43.4 Å². The first kappa shape index (κ1) is 63.3. The van der Waals surface area contributed by atoms with Crippen molar-refractivity contribution in [2.75, 3.05) is 0 Å². The lowest BCUT2D eigenvalue weighted by Gasteiger charge is -2.22. The third-order valence-corrected chi connectivity index (χ3v) is 14.2. The lowest BCUT2D eigenvalue weighted by atomic mass is 9.99. The van der Waals surface area contributed by atoms with Gasteiger partial charge in [-0.2, -0.15) is 0 Å². The van der Waals surface area contributed by atoms with Gasteiger partial charge in [-0.1, -0.05) is 186 Å². The van der Waals surface area contributed by atoms with Crippen molar-refractivity contribution in [3.63, 3.8) is 0 Å². The minimum absolute atomic E-state index is 0.0937. The summed E-state index contributed by atoms with van der Waals surface area (Å²) in [6, 6.07) is 45.2. The van der Waals surface area contributed by atoms with Crippen molar-refractivity contribution < 1.29 is 43.4 Å². The van der Waals surface area contributed by atoms with Gasteiger partial charge in [0, 0.05) is 129 Å². The zero-order valence-electron chi connectivity index (χ0n) is 45.5. The fourth-order valence-corrected chi connectivity index (χ4v) is 9.59. The second-order valence-corrected chi connectivity index (χ2v) is 21.3. The highest BCUT2D eigenvalue weighted by Gasteiger charge is 2.36. The number of hydrogen-bond acceptors (Lipinski definition) is 8. The third kappa shape index (κ3) is 16.7. The fourth-order valence-electron chi connectivity index (χ4n) is 8.73. The SMILES string of the molecule is C=C1NC(=O)C=C1c1ccc(Br)cc1.C=C1NC(=O)C=C1c1ccccc1.C=C1NC(=O)C=C1c1ccccc1Cl.C=C1NC(=O)C=C1c1ccccc1F.CC1(O)NC(=O)C=C1c1ccc(Cl)cc1.CC1(O)NC(=O)C=C1c1ccccc1Cl. The van der Waals surface area contributed by atoms with E-state index in [4.69, 9.17) is 34.8 Å². The van der Waals surface area contributed by atoms with Gasteiger partial charge in [-0.3, -0.25) is 28.8 Å². The number of hydrogen-bond donors (Lipinski definition) is 8. The van der Waals surface area contributed by atoms with E-state index in [0.29, 0.717) is 65.7 Å². The van der Waals surface area contributed by atoms with E-state index in [9.17, 15) is 43.4 Å². The Hall–Kier alpha value is -9.26. The van der Waals surface area contributed by atoms with E-state index in [1.165, 1.54) is 37.3 Å². The Labute approximate surface area is 513 Å². The Morgan fingerprint density at radius 1 is 0.400 bits per heavy atom. The molecule has 6 aromatic carbocycles. The largest absolute Gasteiger partial charge is 0.367 e. The van der Waals surface area contributed by atoms with Gasteiger partial charge in [-0.05, 0) is 73.0 Å². The van der Waals surface area contributed by atoms with Gasteiger partial charge in [0.1, 0.15) is 5.82 Å². The highest BCUT2D eigenvalue weighted by molar-refractivity contribution is 9.10. The molecule has 6 aromatic rings. The van der Waals surface area contributed by atoms with Crippen molar-refractivity contribution in [2.45, 2.75) is 25.3 Å². The number of carbonyl (C=O) groups is 6. The van der Waals surface area contributed by atoms with Crippen LogP contribution in [-0.2, 0) is 28.8 Å². The van der Waals surface area contributed by atoms with E-state index in [1.54, 1.807) is 91.9 Å². The molecule has 14 nitrogen and oxygen atoms in total. The number of halogens is 5. The van der Waals surface area contributed by atoms with Gasteiger partial charge in [-0.25, -0.2) is 4.39 Å². The Kier molecular flexibility index (Phi) is 20.8. The molecule has 0 bridgehead atoms. The Bertz CT molecular complexity index is 3840. The molecule has 2 unspecified atom stereocenters. The average molecular weight is 1260 g/mol. The highest BCUT2D eigenvalue weighted by Crippen LogP contribution is 2.35. The molecule has 8 N–H and O–H groups in total. The van der Waals surface area contributed by atoms with Crippen LogP contribution in [0.2, 0.25) is 15.1 Å². The molecule has 85 heavy (non-hydrogen) atoms. The maximum absolute atomic E-state index is 13.3. The molecule has 0 saturated carbocycles. The topological polar surface area (TPSA) is 215 Å². The Morgan fingerprint density at radius 2 is 0.753 bits per heavy atom. The smallest absolute Gasteiger partial charge is 0.249 e. The van der Waals surface area contributed by atoms with Crippen LogP contribution in [0.3, 0.4) is 0 Å². The van der Waals surface area contributed by atoms with Crippen LogP contribution in [0.1, 0.15) is 47.2 Å². The van der Waals surface area contributed by atoms with Gasteiger partial charge in [0.2, 0.25) is 35.4 Å². The molecular weight excluding hydrogens is 1210 g/mol. The van der Waals surface area contributed by atoms with Crippen LogP contribution in [0.15, 0.2) is 242 Å². The van der Waals surface area contributed by atoms with Crippen LogP contribution < -0.4 is 31.9 Å². The van der Waals surface area contributed by atoms with E-state index in [2.05, 4.69) is 74.1 Å². The van der Waals surface area contributed by atoms with Gasteiger partial charge in [0.05, 0.1) is 0 Å². The van der Waals surface area contributed by atoms with Gasteiger partial charge in [0.15, 0.2) is 11.4 Å². The van der Waals surface area contributed by atoms with Gasteiger partial charge >= 0.3 is 0 Å². The number of allylic oxidation sites excluding steroid dienone is 4. The summed E-state index contributed by atoms with van der Waals surface area (Å²) in [5.41, 5.74) is 8.52. The van der Waals surface area contributed by atoms with E-state index in [1.807, 2.05) is 72.8 Å². The van der Waals surface area contributed by atoms with E-state index >= 15 is 0 Å². The summed E-state index contributed by atoms with van der Waals surface area (Å²) in [4.78, 5) is 66.4. The molecule has 0 spiro atoms.